The van der Waals surface area contributed by atoms with E-state index in [4.69, 9.17) is 14.5 Å². The monoisotopic (exact) mass is 421 g/mol. The smallest absolute Gasteiger partial charge is 0.191 e. The van der Waals surface area contributed by atoms with Gasteiger partial charge in [-0.1, -0.05) is 30.3 Å². The zero-order chi connectivity index (χ0) is 21.9. The first-order valence-corrected chi connectivity index (χ1v) is 10.5. The first kappa shape index (κ1) is 22.2. The van der Waals surface area contributed by atoms with Crippen LogP contribution >= 0.6 is 0 Å². The summed E-state index contributed by atoms with van der Waals surface area (Å²) in [7, 11) is 3.30. The molecule has 0 amide bonds. The summed E-state index contributed by atoms with van der Waals surface area (Å²) in [6, 6.07) is 16.2. The quantitative estimate of drug-likeness (QED) is 0.388. The average Bonchev–Trinajstić information content (AvgIpc) is 3.24. The number of imidazole rings is 1. The average molecular weight is 422 g/mol. The van der Waals surface area contributed by atoms with Gasteiger partial charge in [0.05, 0.1) is 20.8 Å². The first-order chi connectivity index (χ1) is 15.2. The van der Waals surface area contributed by atoms with E-state index in [9.17, 15) is 0 Å². The van der Waals surface area contributed by atoms with Crippen molar-refractivity contribution >= 4 is 5.96 Å². The Hall–Kier alpha value is -3.48. The van der Waals surface area contributed by atoms with E-state index in [1.165, 1.54) is 5.56 Å². The van der Waals surface area contributed by atoms with Crippen LogP contribution in [0.15, 0.2) is 65.9 Å². The van der Waals surface area contributed by atoms with Gasteiger partial charge in [0.25, 0.3) is 0 Å². The van der Waals surface area contributed by atoms with Crippen molar-refractivity contribution in [3.05, 3.63) is 77.9 Å². The van der Waals surface area contributed by atoms with Gasteiger partial charge in [-0.2, -0.15) is 0 Å². The van der Waals surface area contributed by atoms with E-state index in [-0.39, 0.29) is 0 Å². The molecule has 0 radical (unpaired) electrons. The highest BCUT2D eigenvalue weighted by Crippen LogP contribution is 2.25. The van der Waals surface area contributed by atoms with Crippen molar-refractivity contribution in [2.75, 3.05) is 27.3 Å². The van der Waals surface area contributed by atoms with Gasteiger partial charge in [0.1, 0.15) is 17.3 Å². The second kappa shape index (κ2) is 11.6. The number of rotatable bonds is 10. The fourth-order valence-electron chi connectivity index (χ4n) is 3.27. The highest BCUT2D eigenvalue weighted by atomic mass is 16.5. The van der Waals surface area contributed by atoms with E-state index < -0.39 is 0 Å². The summed E-state index contributed by atoms with van der Waals surface area (Å²) in [5.74, 6) is 3.34. The zero-order valence-electron chi connectivity index (χ0n) is 18.5. The van der Waals surface area contributed by atoms with Crippen LogP contribution in [0, 0.1) is 0 Å². The van der Waals surface area contributed by atoms with Crippen LogP contribution in [-0.4, -0.2) is 42.8 Å². The topological polar surface area (TPSA) is 72.7 Å². The number of aliphatic imine (C=N–C) groups is 1. The van der Waals surface area contributed by atoms with E-state index in [1.54, 1.807) is 14.2 Å². The van der Waals surface area contributed by atoms with Gasteiger partial charge in [-0.15, -0.1) is 0 Å². The Kier molecular flexibility index (Phi) is 8.34. The van der Waals surface area contributed by atoms with Crippen molar-refractivity contribution in [1.29, 1.82) is 0 Å². The van der Waals surface area contributed by atoms with Crippen molar-refractivity contribution in [2.45, 2.75) is 26.4 Å². The van der Waals surface area contributed by atoms with Crippen LogP contribution in [0.25, 0.3) is 0 Å². The summed E-state index contributed by atoms with van der Waals surface area (Å²) in [4.78, 5) is 9.23. The van der Waals surface area contributed by atoms with Crippen molar-refractivity contribution < 1.29 is 9.47 Å². The van der Waals surface area contributed by atoms with E-state index in [1.807, 2.05) is 36.7 Å². The minimum Gasteiger partial charge on any atom is -0.497 e. The van der Waals surface area contributed by atoms with Crippen LogP contribution in [0.3, 0.4) is 0 Å². The van der Waals surface area contributed by atoms with Crippen LogP contribution in [0.5, 0.6) is 11.5 Å². The molecule has 0 fully saturated rings. The molecule has 7 nitrogen and oxygen atoms in total. The van der Waals surface area contributed by atoms with E-state index in [0.717, 1.165) is 54.9 Å². The molecule has 7 heteroatoms. The Morgan fingerprint density at radius 2 is 1.90 bits per heavy atom. The predicted octanol–water partition coefficient (Wildman–Crippen LogP) is 3.25. The van der Waals surface area contributed by atoms with E-state index in [2.05, 4.69) is 51.4 Å². The fraction of sp³-hybridized carbons (Fsp3) is 0.333. The zero-order valence-corrected chi connectivity index (χ0v) is 18.5. The lowest BCUT2D eigenvalue weighted by Crippen LogP contribution is -2.38. The fourth-order valence-corrected chi connectivity index (χ4v) is 3.27. The number of hydrogen-bond acceptors (Lipinski definition) is 4. The van der Waals surface area contributed by atoms with Crippen LogP contribution < -0.4 is 20.1 Å². The van der Waals surface area contributed by atoms with Crippen LogP contribution in [0.4, 0.5) is 0 Å². The molecular weight excluding hydrogens is 390 g/mol. The van der Waals surface area contributed by atoms with Crippen LogP contribution in [0.1, 0.15) is 23.9 Å². The Balaban J connectivity index is 1.58. The molecule has 1 heterocycles. The third kappa shape index (κ3) is 6.50. The second-order valence-electron chi connectivity index (χ2n) is 7.01. The maximum atomic E-state index is 5.47. The van der Waals surface area contributed by atoms with Gasteiger partial charge < -0.3 is 24.7 Å². The standard InChI is InChI=1S/C24H31N5O2/c1-4-25-24(28-17-20-10-11-21(30-2)16-22(20)31-3)27-13-12-23-26-14-15-29(23)18-19-8-6-5-7-9-19/h5-11,14-16H,4,12-13,17-18H2,1-3H3,(H2,25,27,28). The summed E-state index contributed by atoms with van der Waals surface area (Å²) in [5.41, 5.74) is 2.26. The largest absolute Gasteiger partial charge is 0.497 e. The number of ether oxygens (including phenoxy) is 2. The molecule has 0 atom stereocenters. The Morgan fingerprint density at radius 3 is 2.65 bits per heavy atom. The molecule has 0 saturated heterocycles. The summed E-state index contributed by atoms with van der Waals surface area (Å²) in [6.07, 6.45) is 4.68. The molecule has 0 aliphatic carbocycles. The Labute approximate surface area is 184 Å². The number of methoxy groups -OCH3 is 2. The molecule has 2 aromatic carbocycles. The van der Waals surface area contributed by atoms with Gasteiger partial charge in [0, 0.05) is 50.1 Å². The van der Waals surface area contributed by atoms with Crippen molar-refractivity contribution in [3.8, 4) is 11.5 Å². The molecule has 0 aliphatic heterocycles. The highest BCUT2D eigenvalue weighted by Gasteiger charge is 2.07. The summed E-state index contributed by atoms with van der Waals surface area (Å²) in [6.45, 7) is 4.90. The number of aromatic nitrogens is 2. The molecule has 1 aromatic heterocycles. The molecule has 0 aliphatic rings. The molecule has 0 bridgehead atoms. The molecule has 164 valence electrons. The maximum absolute atomic E-state index is 5.47. The third-order valence-corrected chi connectivity index (χ3v) is 4.88. The van der Waals surface area contributed by atoms with Gasteiger partial charge >= 0.3 is 0 Å². The third-order valence-electron chi connectivity index (χ3n) is 4.88. The van der Waals surface area contributed by atoms with Crippen LogP contribution in [-0.2, 0) is 19.5 Å². The summed E-state index contributed by atoms with van der Waals surface area (Å²) < 4.78 is 12.9. The van der Waals surface area contributed by atoms with Gasteiger partial charge in [-0.25, -0.2) is 9.98 Å². The van der Waals surface area contributed by atoms with E-state index in [0.29, 0.717) is 6.54 Å². The number of nitrogens with zero attached hydrogens (tertiary/aromatic N) is 3. The summed E-state index contributed by atoms with van der Waals surface area (Å²) in [5, 5.41) is 6.69. The van der Waals surface area contributed by atoms with Gasteiger partial charge in [0.2, 0.25) is 0 Å². The highest BCUT2D eigenvalue weighted by molar-refractivity contribution is 5.79. The second-order valence-corrected chi connectivity index (χ2v) is 7.01. The van der Waals surface area contributed by atoms with Gasteiger partial charge in [-0.05, 0) is 24.6 Å². The molecule has 3 aromatic rings. The lowest BCUT2D eigenvalue weighted by atomic mass is 10.2. The predicted molar refractivity (Wildman–Crippen MR) is 124 cm³/mol. The number of hydrogen-bond donors (Lipinski definition) is 2. The normalized spacial score (nSPS) is 11.3. The van der Waals surface area contributed by atoms with Crippen molar-refractivity contribution in [3.63, 3.8) is 0 Å². The number of nitrogens with one attached hydrogen (secondary N) is 2. The van der Waals surface area contributed by atoms with Gasteiger partial charge in [0.15, 0.2) is 5.96 Å². The van der Waals surface area contributed by atoms with Crippen molar-refractivity contribution in [1.82, 2.24) is 20.2 Å². The lowest BCUT2D eigenvalue weighted by Gasteiger charge is -2.13. The van der Waals surface area contributed by atoms with E-state index >= 15 is 0 Å². The molecule has 0 unspecified atom stereocenters. The number of guanidine groups is 1. The Bertz CT molecular complexity index is 969. The minimum atomic E-state index is 0.505. The Morgan fingerprint density at radius 1 is 1.06 bits per heavy atom. The minimum absolute atomic E-state index is 0.505. The van der Waals surface area contributed by atoms with Crippen molar-refractivity contribution in [2.24, 2.45) is 4.99 Å². The molecule has 2 N–H and O–H groups in total. The lowest BCUT2D eigenvalue weighted by molar-refractivity contribution is 0.391. The number of benzene rings is 2. The van der Waals surface area contributed by atoms with Crippen LogP contribution in [0.2, 0.25) is 0 Å². The molecule has 0 saturated carbocycles. The van der Waals surface area contributed by atoms with Gasteiger partial charge in [-0.3, -0.25) is 0 Å². The molecule has 0 spiro atoms. The molecule has 3 rings (SSSR count). The first-order valence-electron chi connectivity index (χ1n) is 10.5. The maximum Gasteiger partial charge on any atom is 0.191 e. The molecular formula is C24H31N5O2. The summed E-state index contributed by atoms with van der Waals surface area (Å²) >= 11 is 0. The molecule has 31 heavy (non-hydrogen) atoms. The SMILES string of the molecule is CCNC(=NCc1ccc(OC)cc1OC)NCCc1nccn1Cc1ccccc1.